The van der Waals surface area contributed by atoms with E-state index in [0.717, 1.165) is 0 Å². The lowest BCUT2D eigenvalue weighted by atomic mass is 10.2. The topological polar surface area (TPSA) is 53.5 Å². The maximum Gasteiger partial charge on any atom is 0.204 e. The van der Waals surface area contributed by atoms with E-state index in [1.807, 2.05) is 47.6 Å². The van der Waals surface area contributed by atoms with Crippen LogP contribution in [0, 0.1) is 0 Å². The van der Waals surface area contributed by atoms with Gasteiger partial charge in [-0.25, -0.2) is 9.97 Å². The van der Waals surface area contributed by atoms with Gasteiger partial charge in [0, 0.05) is 6.07 Å². The van der Waals surface area contributed by atoms with E-state index < -0.39 is 0 Å². The number of aromatic nitrogens is 2. The smallest absolute Gasteiger partial charge is 0.204 e. The molecule has 0 amide bonds. The van der Waals surface area contributed by atoms with Gasteiger partial charge < -0.3 is 14.2 Å². The van der Waals surface area contributed by atoms with Crippen LogP contribution in [0.3, 0.4) is 0 Å². The van der Waals surface area contributed by atoms with Crippen LogP contribution in [-0.4, -0.2) is 28.3 Å². The molecule has 23 heavy (non-hydrogen) atoms. The van der Waals surface area contributed by atoms with Gasteiger partial charge in [-0.2, -0.15) is 0 Å². The van der Waals surface area contributed by atoms with E-state index in [2.05, 4.69) is 9.97 Å². The number of benzene rings is 1. The minimum atomic E-state index is -0.0571. The summed E-state index contributed by atoms with van der Waals surface area (Å²) in [6.45, 7) is 11.7. The Labute approximate surface area is 141 Å². The average Bonchev–Trinajstić information content (AvgIpc) is 2.40. The number of halogens is 1. The molecule has 0 N–H and O–H groups in total. The lowest BCUT2D eigenvalue weighted by Crippen LogP contribution is -2.14. The second-order valence-corrected chi connectivity index (χ2v) is 6.45. The third kappa shape index (κ3) is 4.16. The Balaban J connectivity index is 2.77. The Hall–Kier alpha value is -1.75. The first-order chi connectivity index (χ1) is 10.8. The van der Waals surface area contributed by atoms with Crippen molar-refractivity contribution in [3.05, 3.63) is 17.5 Å². The quantitative estimate of drug-likeness (QED) is 0.718. The number of nitrogens with zero attached hydrogens (tertiary/aromatic N) is 2. The molecule has 0 saturated heterocycles. The van der Waals surface area contributed by atoms with Gasteiger partial charge in [0.2, 0.25) is 5.75 Å². The summed E-state index contributed by atoms with van der Waals surface area (Å²) in [6, 6.07) is 1.81. The van der Waals surface area contributed by atoms with Crippen molar-refractivity contribution >= 4 is 22.5 Å². The summed E-state index contributed by atoms with van der Waals surface area (Å²) in [5, 5.41) is 0.963. The second kappa shape index (κ2) is 7.21. The Kier molecular flexibility index (Phi) is 5.52. The van der Waals surface area contributed by atoms with E-state index in [9.17, 15) is 0 Å². The molecule has 0 spiro atoms. The molecule has 1 aromatic heterocycles. The minimum Gasteiger partial charge on any atom is -0.487 e. The Morgan fingerprint density at radius 1 is 0.826 bits per heavy atom. The van der Waals surface area contributed by atoms with Crippen molar-refractivity contribution in [1.82, 2.24) is 9.97 Å². The fourth-order valence-electron chi connectivity index (χ4n) is 2.15. The standard InChI is InChI=1S/C17H23ClN2O3/c1-9(2)21-13-7-12-14(17(18)20-8-19-12)16(23-11(5)6)15(13)22-10(3)4/h7-11H,1-6H3. The first-order valence-corrected chi connectivity index (χ1v) is 8.14. The third-order valence-electron chi connectivity index (χ3n) is 2.83. The Morgan fingerprint density at radius 3 is 1.96 bits per heavy atom. The summed E-state index contributed by atoms with van der Waals surface area (Å²) in [4.78, 5) is 8.35. The van der Waals surface area contributed by atoms with Gasteiger partial charge in [0.25, 0.3) is 0 Å². The molecule has 1 aromatic carbocycles. The molecule has 5 nitrogen and oxygen atoms in total. The van der Waals surface area contributed by atoms with E-state index in [0.29, 0.717) is 33.3 Å². The zero-order chi connectivity index (χ0) is 17.1. The van der Waals surface area contributed by atoms with Gasteiger partial charge in [-0.3, -0.25) is 0 Å². The van der Waals surface area contributed by atoms with Gasteiger partial charge in [-0.1, -0.05) is 11.6 Å². The molecule has 2 aromatic rings. The number of fused-ring (bicyclic) bond motifs is 1. The van der Waals surface area contributed by atoms with Crippen molar-refractivity contribution in [2.24, 2.45) is 0 Å². The fourth-order valence-corrected chi connectivity index (χ4v) is 2.37. The van der Waals surface area contributed by atoms with Crippen LogP contribution in [0.2, 0.25) is 5.15 Å². The largest absolute Gasteiger partial charge is 0.487 e. The molecule has 0 aliphatic carbocycles. The summed E-state index contributed by atoms with van der Waals surface area (Å²) >= 11 is 6.28. The van der Waals surface area contributed by atoms with Crippen LogP contribution in [0.25, 0.3) is 10.9 Å². The summed E-state index contributed by atoms with van der Waals surface area (Å²) in [5.74, 6) is 1.64. The average molecular weight is 339 g/mol. The van der Waals surface area contributed by atoms with E-state index in [1.54, 1.807) is 0 Å². The summed E-state index contributed by atoms with van der Waals surface area (Å²) in [5.41, 5.74) is 0.660. The molecule has 0 aliphatic heterocycles. The van der Waals surface area contributed by atoms with Crippen molar-refractivity contribution in [1.29, 1.82) is 0 Å². The normalized spacial score (nSPS) is 11.6. The number of ether oxygens (including phenoxy) is 3. The third-order valence-corrected chi connectivity index (χ3v) is 3.11. The van der Waals surface area contributed by atoms with Gasteiger partial charge in [0.1, 0.15) is 11.5 Å². The highest BCUT2D eigenvalue weighted by molar-refractivity contribution is 6.34. The highest BCUT2D eigenvalue weighted by Gasteiger charge is 2.23. The van der Waals surface area contributed by atoms with E-state index >= 15 is 0 Å². The molecule has 0 saturated carbocycles. The monoisotopic (exact) mass is 338 g/mol. The number of hydrogen-bond acceptors (Lipinski definition) is 5. The van der Waals surface area contributed by atoms with Crippen LogP contribution in [0.5, 0.6) is 17.2 Å². The molecule has 1 heterocycles. The zero-order valence-corrected chi connectivity index (χ0v) is 15.1. The molecule has 0 radical (unpaired) electrons. The molecule has 0 aliphatic rings. The molecule has 0 bridgehead atoms. The van der Waals surface area contributed by atoms with Crippen molar-refractivity contribution < 1.29 is 14.2 Å². The van der Waals surface area contributed by atoms with Crippen LogP contribution in [0.1, 0.15) is 41.5 Å². The Bertz CT molecular complexity index is 687. The van der Waals surface area contributed by atoms with Crippen LogP contribution in [-0.2, 0) is 0 Å². The van der Waals surface area contributed by atoms with Crippen LogP contribution in [0.4, 0.5) is 0 Å². The first-order valence-electron chi connectivity index (χ1n) is 7.76. The van der Waals surface area contributed by atoms with Crippen molar-refractivity contribution in [3.8, 4) is 17.2 Å². The predicted octanol–water partition coefficient (Wildman–Crippen LogP) is 4.64. The molecule has 126 valence electrons. The zero-order valence-electron chi connectivity index (χ0n) is 14.4. The van der Waals surface area contributed by atoms with Gasteiger partial charge in [-0.15, -0.1) is 0 Å². The summed E-state index contributed by atoms with van der Waals surface area (Å²) in [6.07, 6.45) is 1.32. The van der Waals surface area contributed by atoms with Gasteiger partial charge in [-0.05, 0) is 41.5 Å². The van der Waals surface area contributed by atoms with Crippen LogP contribution in [0.15, 0.2) is 12.4 Å². The SMILES string of the molecule is CC(C)Oc1cc2ncnc(Cl)c2c(OC(C)C)c1OC(C)C. The summed E-state index contributed by atoms with van der Waals surface area (Å²) < 4.78 is 17.9. The first kappa shape index (κ1) is 17.6. The molecule has 6 heteroatoms. The summed E-state index contributed by atoms with van der Waals surface area (Å²) in [7, 11) is 0. The van der Waals surface area contributed by atoms with Gasteiger partial charge in [0.15, 0.2) is 11.5 Å². The highest BCUT2D eigenvalue weighted by Crippen LogP contribution is 2.46. The predicted molar refractivity (Wildman–Crippen MR) is 91.8 cm³/mol. The van der Waals surface area contributed by atoms with E-state index in [1.165, 1.54) is 6.33 Å². The molecule has 2 rings (SSSR count). The number of rotatable bonds is 6. The molecular formula is C17H23ClN2O3. The fraction of sp³-hybridized carbons (Fsp3) is 0.529. The van der Waals surface area contributed by atoms with Crippen LogP contribution < -0.4 is 14.2 Å². The maximum absolute atomic E-state index is 6.28. The van der Waals surface area contributed by atoms with Gasteiger partial charge in [0.05, 0.1) is 29.2 Å². The van der Waals surface area contributed by atoms with Crippen molar-refractivity contribution in [2.45, 2.75) is 59.9 Å². The lowest BCUT2D eigenvalue weighted by molar-refractivity contribution is 0.178. The molecule has 0 fully saturated rings. The van der Waals surface area contributed by atoms with Crippen molar-refractivity contribution in [2.75, 3.05) is 0 Å². The number of hydrogen-bond donors (Lipinski definition) is 0. The van der Waals surface area contributed by atoms with Crippen molar-refractivity contribution in [3.63, 3.8) is 0 Å². The van der Waals surface area contributed by atoms with Crippen LogP contribution >= 0.6 is 11.6 Å². The van der Waals surface area contributed by atoms with E-state index in [4.69, 9.17) is 25.8 Å². The molecule has 0 unspecified atom stereocenters. The lowest BCUT2D eigenvalue weighted by Gasteiger charge is -2.22. The highest BCUT2D eigenvalue weighted by atomic mass is 35.5. The van der Waals surface area contributed by atoms with E-state index in [-0.39, 0.29) is 18.3 Å². The van der Waals surface area contributed by atoms with Gasteiger partial charge >= 0.3 is 0 Å². The molecule has 0 atom stereocenters. The minimum absolute atomic E-state index is 0.00817. The molecular weight excluding hydrogens is 316 g/mol. The maximum atomic E-state index is 6.28. The Morgan fingerprint density at radius 2 is 1.39 bits per heavy atom. The second-order valence-electron chi connectivity index (χ2n) is 6.09.